The third-order valence-electron chi connectivity index (χ3n) is 1.70. The molecule has 0 fully saturated rings. The van der Waals surface area contributed by atoms with Crippen LogP contribution in [0.3, 0.4) is 0 Å². The summed E-state index contributed by atoms with van der Waals surface area (Å²) >= 11 is 3.95. The smallest absolute Gasteiger partial charge is 0.257 e. The number of carbonyl (C=O) groups excluding carboxylic acids is 1. The number of hydrogen-bond donors (Lipinski definition) is 1. The van der Waals surface area contributed by atoms with Crippen molar-refractivity contribution in [3.63, 3.8) is 0 Å². The lowest BCUT2D eigenvalue weighted by atomic mass is 10.2. The van der Waals surface area contributed by atoms with Crippen LogP contribution in [-0.4, -0.2) is 20.7 Å². The second-order valence-corrected chi connectivity index (χ2v) is 4.34. The first-order valence-corrected chi connectivity index (χ1v) is 5.65. The zero-order chi connectivity index (χ0) is 11.5. The molecule has 1 aromatic carbocycles. The lowest BCUT2D eigenvalue weighted by molar-refractivity contribution is 0.102. The van der Waals surface area contributed by atoms with Crippen molar-refractivity contribution in [3.8, 4) is 0 Å². The van der Waals surface area contributed by atoms with Crippen LogP contribution in [0.5, 0.6) is 0 Å². The normalized spacial score (nSPS) is 10.1. The molecule has 82 valence electrons. The molecule has 0 saturated heterocycles. The first-order chi connectivity index (χ1) is 7.66. The van der Waals surface area contributed by atoms with E-state index in [-0.39, 0.29) is 10.7 Å². The second-order valence-electron chi connectivity index (χ2n) is 2.75. The maximum absolute atomic E-state index is 13.2. The van der Waals surface area contributed by atoms with Crippen molar-refractivity contribution in [2.24, 2.45) is 0 Å². The first-order valence-electron chi connectivity index (χ1n) is 4.08. The predicted molar refractivity (Wildman–Crippen MR) is 59.8 cm³/mol. The quantitative estimate of drug-likeness (QED) is 0.922. The molecule has 0 unspecified atom stereocenters. The molecular formula is C8H4BrFN4OS. The predicted octanol–water partition coefficient (Wildman–Crippen LogP) is 2.09. The number of amides is 1. The van der Waals surface area contributed by atoms with Crippen LogP contribution in [0.1, 0.15) is 10.4 Å². The van der Waals surface area contributed by atoms with E-state index in [9.17, 15) is 9.18 Å². The number of nitrogens with one attached hydrogen (secondary N) is 1. The SMILES string of the molecule is O=C(Nc1nnns1)c1ccc(Br)c(F)c1. The number of nitrogens with zero attached hydrogens (tertiary/aromatic N) is 3. The summed E-state index contributed by atoms with van der Waals surface area (Å²) in [7, 11) is 0. The molecule has 0 aliphatic carbocycles. The van der Waals surface area contributed by atoms with Crippen molar-refractivity contribution in [2.45, 2.75) is 0 Å². The topological polar surface area (TPSA) is 67.8 Å². The van der Waals surface area contributed by atoms with Crippen LogP contribution < -0.4 is 5.32 Å². The highest BCUT2D eigenvalue weighted by Gasteiger charge is 2.10. The lowest BCUT2D eigenvalue weighted by Crippen LogP contribution is -2.11. The van der Waals surface area contributed by atoms with Gasteiger partial charge in [0.15, 0.2) is 0 Å². The Morgan fingerprint density at radius 2 is 2.31 bits per heavy atom. The van der Waals surface area contributed by atoms with Gasteiger partial charge in [-0.2, -0.15) is 0 Å². The molecule has 1 heterocycles. The maximum atomic E-state index is 13.2. The van der Waals surface area contributed by atoms with Gasteiger partial charge in [0.1, 0.15) is 5.82 Å². The van der Waals surface area contributed by atoms with Gasteiger partial charge < -0.3 is 0 Å². The average Bonchev–Trinajstić information content (AvgIpc) is 2.74. The number of rotatable bonds is 2. The van der Waals surface area contributed by atoms with E-state index in [1.807, 2.05) is 0 Å². The summed E-state index contributed by atoms with van der Waals surface area (Å²) in [4.78, 5) is 11.6. The van der Waals surface area contributed by atoms with Gasteiger partial charge in [-0.05, 0) is 39.3 Å². The Labute approximate surface area is 102 Å². The Kier molecular flexibility index (Phi) is 3.20. The van der Waals surface area contributed by atoms with Crippen LogP contribution >= 0.6 is 27.5 Å². The zero-order valence-corrected chi connectivity index (χ0v) is 10.0. The van der Waals surface area contributed by atoms with Crippen LogP contribution in [0, 0.1) is 5.82 Å². The van der Waals surface area contributed by atoms with E-state index < -0.39 is 11.7 Å². The summed E-state index contributed by atoms with van der Waals surface area (Å²) < 4.78 is 16.9. The Morgan fingerprint density at radius 3 is 2.94 bits per heavy atom. The third-order valence-corrected chi connectivity index (χ3v) is 2.86. The molecule has 0 radical (unpaired) electrons. The zero-order valence-electron chi connectivity index (χ0n) is 7.65. The van der Waals surface area contributed by atoms with Crippen LogP contribution in [0.4, 0.5) is 9.52 Å². The minimum absolute atomic E-state index is 0.205. The third kappa shape index (κ3) is 2.39. The molecular weight excluding hydrogens is 299 g/mol. The van der Waals surface area contributed by atoms with Gasteiger partial charge in [0.05, 0.1) is 4.47 Å². The molecule has 8 heteroatoms. The monoisotopic (exact) mass is 302 g/mol. The summed E-state index contributed by atoms with van der Waals surface area (Å²) in [6.07, 6.45) is 0. The van der Waals surface area contributed by atoms with Crippen molar-refractivity contribution in [3.05, 3.63) is 34.1 Å². The molecule has 0 saturated carbocycles. The van der Waals surface area contributed by atoms with E-state index in [0.29, 0.717) is 4.47 Å². The fraction of sp³-hybridized carbons (Fsp3) is 0. The molecule has 1 aromatic heterocycles. The van der Waals surface area contributed by atoms with E-state index in [1.54, 1.807) is 0 Å². The minimum atomic E-state index is -0.497. The number of anilines is 1. The van der Waals surface area contributed by atoms with E-state index in [1.165, 1.54) is 12.1 Å². The van der Waals surface area contributed by atoms with E-state index >= 15 is 0 Å². The fourth-order valence-electron chi connectivity index (χ4n) is 0.989. The summed E-state index contributed by atoms with van der Waals surface area (Å²) in [5, 5.41) is 9.58. The van der Waals surface area contributed by atoms with Crippen molar-refractivity contribution in [2.75, 3.05) is 5.32 Å². The Balaban J connectivity index is 2.18. The van der Waals surface area contributed by atoms with E-state index in [0.717, 1.165) is 17.6 Å². The van der Waals surface area contributed by atoms with Crippen molar-refractivity contribution in [1.29, 1.82) is 0 Å². The molecule has 2 aromatic rings. The summed E-state index contributed by atoms with van der Waals surface area (Å²) in [5.74, 6) is -0.951. The van der Waals surface area contributed by atoms with Gasteiger partial charge >= 0.3 is 0 Å². The van der Waals surface area contributed by atoms with Gasteiger partial charge in [0.25, 0.3) is 5.91 Å². The lowest BCUT2D eigenvalue weighted by Gasteiger charge is -2.01. The van der Waals surface area contributed by atoms with Crippen molar-refractivity contribution in [1.82, 2.24) is 14.8 Å². The molecule has 1 N–H and O–H groups in total. The van der Waals surface area contributed by atoms with Gasteiger partial charge in [0, 0.05) is 17.1 Å². The summed E-state index contributed by atoms with van der Waals surface area (Å²) in [6.45, 7) is 0. The summed E-state index contributed by atoms with van der Waals surface area (Å²) in [6, 6.07) is 4.09. The minimum Gasteiger partial charge on any atom is -0.295 e. The number of aromatic nitrogens is 3. The van der Waals surface area contributed by atoms with Gasteiger partial charge in [-0.1, -0.05) is 9.59 Å². The highest BCUT2D eigenvalue weighted by molar-refractivity contribution is 9.10. The van der Waals surface area contributed by atoms with Crippen LogP contribution in [0.2, 0.25) is 0 Å². The molecule has 0 atom stereocenters. The van der Waals surface area contributed by atoms with Crippen molar-refractivity contribution >= 4 is 38.5 Å². The maximum Gasteiger partial charge on any atom is 0.257 e. The summed E-state index contributed by atoms with van der Waals surface area (Å²) in [5.41, 5.74) is 0.205. The van der Waals surface area contributed by atoms with Crippen LogP contribution in [0.25, 0.3) is 0 Å². The molecule has 16 heavy (non-hydrogen) atoms. The van der Waals surface area contributed by atoms with Gasteiger partial charge in [-0.15, -0.1) is 0 Å². The van der Waals surface area contributed by atoms with Gasteiger partial charge in [-0.3, -0.25) is 10.1 Å². The van der Waals surface area contributed by atoms with Crippen LogP contribution in [0.15, 0.2) is 22.7 Å². The number of halogens is 2. The molecule has 0 aliphatic heterocycles. The fourth-order valence-corrected chi connectivity index (χ4v) is 1.60. The highest BCUT2D eigenvalue weighted by Crippen LogP contribution is 2.17. The van der Waals surface area contributed by atoms with E-state index in [4.69, 9.17) is 0 Å². The molecule has 5 nitrogen and oxygen atoms in total. The second kappa shape index (κ2) is 4.62. The van der Waals surface area contributed by atoms with E-state index in [2.05, 4.69) is 36.0 Å². The number of carbonyl (C=O) groups is 1. The standard InChI is InChI=1S/C8H4BrFN4OS/c9-5-2-1-4(3-6(5)10)7(15)11-8-12-13-14-16-8/h1-3H,(H,11,12,14,15). The number of benzene rings is 1. The number of hydrogen-bond acceptors (Lipinski definition) is 5. The van der Waals surface area contributed by atoms with Gasteiger partial charge in [0.2, 0.25) is 5.13 Å². The van der Waals surface area contributed by atoms with Gasteiger partial charge in [-0.25, -0.2) is 4.39 Å². The first kappa shape index (κ1) is 11.1. The Bertz CT molecular complexity index is 519. The molecule has 0 aliphatic rings. The molecule has 0 bridgehead atoms. The largest absolute Gasteiger partial charge is 0.295 e. The highest BCUT2D eigenvalue weighted by atomic mass is 79.9. The molecule has 2 rings (SSSR count). The van der Waals surface area contributed by atoms with Crippen LogP contribution in [-0.2, 0) is 0 Å². The molecule has 1 amide bonds. The Hall–Kier alpha value is -1.41. The molecule has 0 spiro atoms. The Morgan fingerprint density at radius 1 is 1.50 bits per heavy atom. The van der Waals surface area contributed by atoms with Crippen molar-refractivity contribution < 1.29 is 9.18 Å². The average molecular weight is 303 g/mol.